The van der Waals surface area contributed by atoms with Crippen molar-refractivity contribution in [2.24, 2.45) is 10.7 Å². The van der Waals surface area contributed by atoms with Gasteiger partial charge in [0, 0.05) is 10.4 Å². The van der Waals surface area contributed by atoms with Gasteiger partial charge in [-0.15, -0.1) is 0 Å². The average molecular weight is 509 g/mol. The highest BCUT2D eigenvalue weighted by molar-refractivity contribution is 8.19. The summed E-state index contributed by atoms with van der Waals surface area (Å²) in [4.78, 5) is 27.5. The summed E-state index contributed by atoms with van der Waals surface area (Å²) < 4.78 is 41.7. The number of rotatable bonds is 5. The fourth-order valence-electron chi connectivity index (χ4n) is 3.31. The van der Waals surface area contributed by atoms with Gasteiger partial charge < -0.3 is 10.8 Å². The zero-order chi connectivity index (χ0) is 24.8. The SMILES string of the molecule is CC(N)(C(=O)O)C1=NC(=O)C(=Cc2ccc3c(cnn3Cc3ccc(Cl)cc3C(F)(F)F)c2)S1. The van der Waals surface area contributed by atoms with Crippen LogP contribution in [0.2, 0.25) is 5.02 Å². The minimum Gasteiger partial charge on any atom is -0.480 e. The second-order valence-electron chi connectivity index (χ2n) is 7.76. The lowest BCUT2D eigenvalue weighted by molar-refractivity contribution is -0.140. The molecular weight excluding hydrogens is 493 g/mol. The Morgan fingerprint density at radius 3 is 2.68 bits per heavy atom. The summed E-state index contributed by atoms with van der Waals surface area (Å²) >= 11 is 6.63. The number of carbonyl (C=O) groups excluding carboxylic acids is 1. The number of carboxylic acids is 1. The number of alkyl halides is 3. The number of fused-ring (bicyclic) bond motifs is 1. The number of aromatic nitrogens is 2. The zero-order valence-electron chi connectivity index (χ0n) is 17.4. The third-order valence-corrected chi connectivity index (χ3v) is 6.63. The van der Waals surface area contributed by atoms with E-state index in [1.807, 2.05) is 0 Å². The molecule has 1 aliphatic rings. The summed E-state index contributed by atoms with van der Waals surface area (Å²) in [6.07, 6.45) is -1.51. The van der Waals surface area contributed by atoms with Crippen LogP contribution < -0.4 is 5.73 Å². The van der Waals surface area contributed by atoms with Crippen molar-refractivity contribution in [1.29, 1.82) is 0 Å². The van der Waals surface area contributed by atoms with E-state index in [0.717, 1.165) is 17.8 Å². The molecule has 0 bridgehead atoms. The molecule has 2 heterocycles. The van der Waals surface area contributed by atoms with Gasteiger partial charge in [-0.2, -0.15) is 18.3 Å². The first-order valence-electron chi connectivity index (χ1n) is 9.73. The van der Waals surface area contributed by atoms with Crippen LogP contribution in [0.15, 0.2) is 52.5 Å². The largest absolute Gasteiger partial charge is 0.480 e. The van der Waals surface area contributed by atoms with Crippen LogP contribution in [0, 0.1) is 0 Å². The standard InChI is InChI=1S/C22H16ClF3N4O3S/c1-21(27,20(32)33)19-29-18(31)17(34-19)7-11-2-5-16-13(6-11)9-28-30(16)10-12-3-4-14(23)8-15(12)22(24,25)26/h2-9H,10,27H2,1H3,(H,32,33). The molecule has 0 radical (unpaired) electrons. The Morgan fingerprint density at radius 2 is 2.00 bits per heavy atom. The molecule has 0 fully saturated rings. The van der Waals surface area contributed by atoms with Crippen LogP contribution in [0.4, 0.5) is 13.2 Å². The predicted octanol–water partition coefficient (Wildman–Crippen LogP) is 4.57. The number of nitrogens with two attached hydrogens (primary N) is 1. The van der Waals surface area contributed by atoms with Gasteiger partial charge in [0.25, 0.3) is 5.91 Å². The predicted molar refractivity (Wildman–Crippen MR) is 124 cm³/mol. The number of hydrogen-bond donors (Lipinski definition) is 2. The van der Waals surface area contributed by atoms with Crippen LogP contribution >= 0.6 is 23.4 Å². The van der Waals surface area contributed by atoms with Gasteiger partial charge in [0.05, 0.1) is 28.7 Å². The highest BCUT2D eigenvalue weighted by atomic mass is 35.5. The molecule has 1 unspecified atom stereocenters. The van der Waals surface area contributed by atoms with E-state index in [2.05, 4.69) is 10.1 Å². The van der Waals surface area contributed by atoms with E-state index < -0.39 is 29.2 Å². The number of halogens is 4. The van der Waals surface area contributed by atoms with Crippen LogP contribution in [-0.4, -0.2) is 37.3 Å². The number of nitrogens with zero attached hydrogens (tertiary/aromatic N) is 3. The first-order valence-corrected chi connectivity index (χ1v) is 10.9. The quantitative estimate of drug-likeness (QED) is 0.488. The molecule has 0 saturated heterocycles. The minimum absolute atomic E-state index is 0.0103. The van der Waals surface area contributed by atoms with Crippen LogP contribution in [0.25, 0.3) is 17.0 Å². The number of benzene rings is 2. The summed E-state index contributed by atoms with van der Waals surface area (Å²) in [5, 5.41) is 14.1. The smallest absolute Gasteiger partial charge is 0.416 e. The van der Waals surface area contributed by atoms with Crippen molar-refractivity contribution in [3.63, 3.8) is 0 Å². The van der Waals surface area contributed by atoms with Gasteiger partial charge in [0.15, 0.2) is 5.54 Å². The second-order valence-corrected chi connectivity index (χ2v) is 9.23. The fourth-order valence-corrected chi connectivity index (χ4v) is 4.44. The summed E-state index contributed by atoms with van der Waals surface area (Å²) in [6, 6.07) is 8.66. The molecule has 3 N–H and O–H groups in total. The van der Waals surface area contributed by atoms with Gasteiger partial charge >= 0.3 is 12.1 Å². The van der Waals surface area contributed by atoms with Crippen molar-refractivity contribution < 1.29 is 27.9 Å². The van der Waals surface area contributed by atoms with Crippen molar-refractivity contribution in [3.05, 3.63) is 69.2 Å². The highest BCUT2D eigenvalue weighted by Crippen LogP contribution is 2.35. The Morgan fingerprint density at radius 1 is 1.26 bits per heavy atom. The molecule has 1 atom stereocenters. The van der Waals surface area contributed by atoms with Crippen molar-refractivity contribution in [1.82, 2.24) is 9.78 Å². The number of hydrogen-bond acceptors (Lipinski definition) is 5. The van der Waals surface area contributed by atoms with E-state index in [-0.39, 0.29) is 27.1 Å². The highest BCUT2D eigenvalue weighted by Gasteiger charge is 2.40. The molecule has 34 heavy (non-hydrogen) atoms. The Hall–Kier alpha value is -3.15. The summed E-state index contributed by atoms with van der Waals surface area (Å²) in [5.41, 5.74) is 4.35. The van der Waals surface area contributed by atoms with Crippen LogP contribution in [-0.2, 0) is 22.3 Å². The maximum atomic E-state index is 13.4. The Labute approximate surface area is 200 Å². The Bertz CT molecular complexity index is 1400. The summed E-state index contributed by atoms with van der Waals surface area (Å²) in [7, 11) is 0. The molecule has 1 aromatic heterocycles. The summed E-state index contributed by atoms with van der Waals surface area (Å²) in [5.74, 6) is -1.91. The first kappa shape index (κ1) is 24.0. The molecule has 12 heteroatoms. The molecule has 3 aromatic rings. The number of carbonyl (C=O) groups is 2. The van der Waals surface area contributed by atoms with Gasteiger partial charge in [-0.25, -0.2) is 9.79 Å². The number of amides is 1. The van der Waals surface area contributed by atoms with Gasteiger partial charge in [-0.1, -0.05) is 35.5 Å². The van der Waals surface area contributed by atoms with Crippen molar-refractivity contribution in [2.45, 2.75) is 25.2 Å². The van der Waals surface area contributed by atoms with Crippen molar-refractivity contribution in [3.8, 4) is 0 Å². The lowest BCUT2D eigenvalue weighted by atomic mass is 10.1. The third-order valence-electron chi connectivity index (χ3n) is 5.17. The normalized spacial score (nSPS) is 17.3. The molecule has 1 aliphatic heterocycles. The Balaban J connectivity index is 1.61. The van der Waals surface area contributed by atoms with E-state index in [1.54, 1.807) is 24.3 Å². The summed E-state index contributed by atoms with van der Waals surface area (Å²) in [6.45, 7) is 1.13. The zero-order valence-corrected chi connectivity index (χ0v) is 19.0. The average Bonchev–Trinajstić information content (AvgIpc) is 3.32. The fraction of sp³-hybridized carbons (Fsp3) is 0.182. The molecule has 7 nitrogen and oxygen atoms in total. The second kappa shape index (κ2) is 8.57. The van der Waals surface area contributed by atoms with E-state index in [0.29, 0.717) is 16.5 Å². The Kier molecular flexibility index (Phi) is 6.05. The molecule has 4 rings (SSSR count). The minimum atomic E-state index is -4.56. The van der Waals surface area contributed by atoms with Crippen molar-refractivity contribution in [2.75, 3.05) is 0 Å². The molecule has 176 valence electrons. The topological polar surface area (TPSA) is 111 Å². The molecule has 0 saturated carbocycles. The van der Waals surface area contributed by atoms with E-state index in [9.17, 15) is 27.9 Å². The van der Waals surface area contributed by atoms with Gasteiger partial charge in [0.2, 0.25) is 0 Å². The lowest BCUT2D eigenvalue weighted by Gasteiger charge is -2.17. The number of carboxylic acid groups (broad SMARTS) is 1. The molecule has 0 spiro atoms. The molecule has 0 aliphatic carbocycles. The van der Waals surface area contributed by atoms with Gasteiger partial charge in [-0.3, -0.25) is 9.48 Å². The maximum absolute atomic E-state index is 13.4. The van der Waals surface area contributed by atoms with E-state index in [1.165, 1.54) is 29.9 Å². The van der Waals surface area contributed by atoms with Crippen LogP contribution in [0.1, 0.15) is 23.6 Å². The monoisotopic (exact) mass is 508 g/mol. The van der Waals surface area contributed by atoms with Crippen LogP contribution in [0.5, 0.6) is 0 Å². The van der Waals surface area contributed by atoms with E-state index >= 15 is 0 Å². The lowest BCUT2D eigenvalue weighted by Crippen LogP contribution is -2.50. The first-order chi connectivity index (χ1) is 15.9. The van der Waals surface area contributed by atoms with Crippen molar-refractivity contribution >= 4 is 57.3 Å². The number of thioether (sulfide) groups is 1. The maximum Gasteiger partial charge on any atom is 0.416 e. The van der Waals surface area contributed by atoms with Gasteiger partial charge in [0.1, 0.15) is 5.04 Å². The van der Waals surface area contributed by atoms with E-state index in [4.69, 9.17) is 17.3 Å². The molecule has 1 amide bonds. The third kappa shape index (κ3) is 4.59. The van der Waals surface area contributed by atoms with Gasteiger partial charge in [-0.05, 0) is 48.4 Å². The number of aliphatic imine (C=N–C) groups is 1. The molecular formula is C22H16ClF3N4O3S. The number of aliphatic carboxylic acids is 1. The molecule has 2 aromatic carbocycles. The van der Waals surface area contributed by atoms with Crippen LogP contribution in [0.3, 0.4) is 0 Å².